The molecule has 160 valence electrons. The highest BCUT2D eigenvalue weighted by Gasteiger charge is 2.13. The minimum atomic E-state index is -0.289. The van der Waals surface area contributed by atoms with E-state index in [1.54, 1.807) is 25.5 Å². The van der Waals surface area contributed by atoms with Crippen molar-refractivity contribution in [3.63, 3.8) is 0 Å². The minimum Gasteiger partial charge on any atom is -0.493 e. The van der Waals surface area contributed by atoms with E-state index < -0.39 is 0 Å². The number of hydrogen-bond donors (Lipinski definition) is 1. The van der Waals surface area contributed by atoms with E-state index >= 15 is 0 Å². The molecule has 0 aromatic heterocycles. The van der Waals surface area contributed by atoms with Gasteiger partial charge in [0.05, 0.1) is 16.4 Å². The van der Waals surface area contributed by atoms with Gasteiger partial charge in [0.25, 0.3) is 5.91 Å². The molecule has 5 nitrogen and oxygen atoms in total. The number of anilines is 1. The maximum Gasteiger partial charge on any atom is 0.262 e. The van der Waals surface area contributed by atoms with Gasteiger partial charge in [-0.3, -0.25) is 9.79 Å². The second kappa shape index (κ2) is 10.6. The van der Waals surface area contributed by atoms with Gasteiger partial charge in [-0.2, -0.15) is 0 Å². The lowest BCUT2D eigenvalue weighted by Crippen LogP contribution is -2.20. The number of rotatable bonds is 7. The first-order chi connectivity index (χ1) is 14.9. The third-order valence-electron chi connectivity index (χ3n) is 4.45. The van der Waals surface area contributed by atoms with Crippen molar-refractivity contribution >= 4 is 57.7 Å². The van der Waals surface area contributed by atoms with Gasteiger partial charge in [-0.15, -0.1) is 0 Å². The van der Waals surface area contributed by atoms with Crippen molar-refractivity contribution < 1.29 is 14.3 Å². The zero-order chi connectivity index (χ0) is 22.4. The molecule has 0 unspecified atom stereocenters. The molecular weight excluding hydrogens is 527 g/mol. The Bertz CT molecular complexity index is 1110. The van der Waals surface area contributed by atoms with Gasteiger partial charge >= 0.3 is 0 Å². The zero-order valence-electron chi connectivity index (χ0n) is 17.4. The van der Waals surface area contributed by atoms with E-state index in [0.717, 1.165) is 20.4 Å². The van der Waals surface area contributed by atoms with Crippen LogP contribution in [0.15, 0.2) is 59.6 Å². The van der Waals surface area contributed by atoms with Gasteiger partial charge in [0.2, 0.25) is 0 Å². The SMILES string of the molecule is COc1cc(C=Nc2ccc(C)cc2)cc(I)c1OCC(=O)Nc1ccc(C)c(Cl)c1. The van der Waals surface area contributed by atoms with E-state index in [2.05, 4.69) is 32.9 Å². The number of ether oxygens (including phenoxy) is 2. The molecular formula is C24H22ClIN2O3. The zero-order valence-corrected chi connectivity index (χ0v) is 20.3. The molecule has 1 amide bonds. The van der Waals surface area contributed by atoms with E-state index in [1.165, 1.54) is 5.56 Å². The van der Waals surface area contributed by atoms with Crippen LogP contribution in [0, 0.1) is 17.4 Å². The van der Waals surface area contributed by atoms with Crippen LogP contribution in [-0.4, -0.2) is 25.8 Å². The van der Waals surface area contributed by atoms with Crippen molar-refractivity contribution in [1.82, 2.24) is 0 Å². The molecule has 3 rings (SSSR count). The first kappa shape index (κ1) is 23.1. The molecule has 0 spiro atoms. The van der Waals surface area contributed by atoms with E-state index in [9.17, 15) is 4.79 Å². The van der Waals surface area contributed by atoms with Gasteiger partial charge in [-0.1, -0.05) is 35.4 Å². The number of benzene rings is 3. The molecule has 0 heterocycles. The summed E-state index contributed by atoms with van der Waals surface area (Å²) >= 11 is 8.26. The van der Waals surface area contributed by atoms with Crippen molar-refractivity contribution in [3.05, 3.63) is 79.9 Å². The smallest absolute Gasteiger partial charge is 0.262 e. The molecule has 0 aliphatic rings. The third kappa shape index (κ3) is 6.45. The summed E-state index contributed by atoms with van der Waals surface area (Å²) in [6.45, 7) is 3.78. The van der Waals surface area contributed by atoms with Crippen LogP contribution in [0.3, 0.4) is 0 Å². The normalized spacial score (nSPS) is 10.9. The van der Waals surface area contributed by atoms with Gasteiger partial charge in [0.15, 0.2) is 18.1 Å². The summed E-state index contributed by atoms with van der Waals surface area (Å²) < 4.78 is 12.0. The second-order valence-electron chi connectivity index (χ2n) is 6.93. The number of carbonyl (C=O) groups excluding carboxylic acids is 1. The summed E-state index contributed by atoms with van der Waals surface area (Å²) in [4.78, 5) is 16.8. The Morgan fingerprint density at radius 2 is 1.87 bits per heavy atom. The van der Waals surface area contributed by atoms with Crippen molar-refractivity contribution in [2.24, 2.45) is 4.99 Å². The molecule has 31 heavy (non-hydrogen) atoms. The lowest BCUT2D eigenvalue weighted by Gasteiger charge is -2.14. The molecule has 1 N–H and O–H groups in total. The molecule has 3 aromatic carbocycles. The van der Waals surface area contributed by atoms with Crippen LogP contribution in [0.25, 0.3) is 0 Å². The van der Waals surface area contributed by atoms with Crippen molar-refractivity contribution in [3.8, 4) is 11.5 Å². The van der Waals surface area contributed by atoms with Gasteiger partial charge in [-0.25, -0.2) is 0 Å². The Kier molecular flexibility index (Phi) is 7.92. The second-order valence-corrected chi connectivity index (χ2v) is 8.50. The van der Waals surface area contributed by atoms with Crippen LogP contribution in [0.4, 0.5) is 11.4 Å². The molecule has 3 aromatic rings. The first-order valence-corrected chi connectivity index (χ1v) is 11.0. The topological polar surface area (TPSA) is 59.9 Å². The predicted molar refractivity (Wildman–Crippen MR) is 134 cm³/mol. The number of halogens is 2. The molecule has 0 aliphatic heterocycles. The summed E-state index contributed by atoms with van der Waals surface area (Å²) in [6, 6.07) is 17.1. The van der Waals surface area contributed by atoms with E-state index in [1.807, 2.05) is 56.3 Å². The number of nitrogens with zero attached hydrogens (tertiary/aromatic N) is 1. The Morgan fingerprint density at radius 1 is 1.13 bits per heavy atom. The van der Waals surface area contributed by atoms with E-state index in [4.69, 9.17) is 21.1 Å². The largest absolute Gasteiger partial charge is 0.493 e. The van der Waals surface area contributed by atoms with Crippen molar-refractivity contribution in [2.75, 3.05) is 19.0 Å². The third-order valence-corrected chi connectivity index (χ3v) is 5.66. The predicted octanol–water partition coefficient (Wildman–Crippen LogP) is 6.34. The van der Waals surface area contributed by atoms with Crippen molar-refractivity contribution in [2.45, 2.75) is 13.8 Å². The Hall–Kier alpha value is -2.58. The summed E-state index contributed by atoms with van der Waals surface area (Å²) in [7, 11) is 1.56. The Balaban J connectivity index is 1.68. The van der Waals surface area contributed by atoms with E-state index in [-0.39, 0.29) is 12.5 Å². The van der Waals surface area contributed by atoms with Crippen LogP contribution in [0.2, 0.25) is 5.02 Å². The fourth-order valence-corrected chi connectivity index (χ4v) is 3.70. The summed E-state index contributed by atoms with van der Waals surface area (Å²) in [6.07, 6.45) is 1.77. The van der Waals surface area contributed by atoms with Gasteiger partial charge in [0.1, 0.15) is 0 Å². The lowest BCUT2D eigenvalue weighted by atomic mass is 10.2. The molecule has 0 saturated carbocycles. The van der Waals surface area contributed by atoms with Crippen molar-refractivity contribution in [1.29, 1.82) is 0 Å². The minimum absolute atomic E-state index is 0.158. The number of nitrogens with one attached hydrogen (secondary N) is 1. The lowest BCUT2D eigenvalue weighted by molar-refractivity contribution is -0.118. The summed E-state index contributed by atoms with van der Waals surface area (Å²) in [5.74, 6) is 0.749. The number of methoxy groups -OCH3 is 1. The highest BCUT2D eigenvalue weighted by Crippen LogP contribution is 2.33. The van der Waals surface area contributed by atoms with Crippen LogP contribution >= 0.6 is 34.2 Å². The quantitative estimate of drug-likeness (QED) is 0.277. The summed E-state index contributed by atoms with van der Waals surface area (Å²) in [5.41, 5.74) is 4.49. The van der Waals surface area contributed by atoms with Crippen LogP contribution < -0.4 is 14.8 Å². The first-order valence-electron chi connectivity index (χ1n) is 9.53. The van der Waals surface area contributed by atoms with Crippen LogP contribution in [0.5, 0.6) is 11.5 Å². The number of amides is 1. The number of hydrogen-bond acceptors (Lipinski definition) is 4. The molecule has 0 saturated heterocycles. The highest BCUT2D eigenvalue weighted by atomic mass is 127. The molecule has 0 aliphatic carbocycles. The standard InChI is InChI=1S/C24H22ClIN2O3/c1-15-4-7-18(8-5-15)27-13-17-10-21(26)24(22(11-17)30-3)31-14-23(29)28-19-9-6-16(2)20(25)12-19/h4-13H,14H2,1-3H3,(H,28,29). The van der Waals surface area contributed by atoms with Gasteiger partial charge < -0.3 is 14.8 Å². The average molecular weight is 549 g/mol. The Morgan fingerprint density at radius 3 is 2.55 bits per heavy atom. The maximum atomic E-state index is 12.3. The van der Waals surface area contributed by atoms with Gasteiger partial charge in [0, 0.05) is 16.9 Å². The summed E-state index contributed by atoms with van der Waals surface area (Å²) in [5, 5.41) is 3.37. The molecule has 7 heteroatoms. The Labute approximate surface area is 200 Å². The molecule has 0 fully saturated rings. The van der Waals surface area contributed by atoms with Crippen LogP contribution in [0.1, 0.15) is 16.7 Å². The number of aryl methyl sites for hydroxylation is 2. The fraction of sp³-hybridized carbons (Fsp3) is 0.167. The van der Waals surface area contributed by atoms with Gasteiger partial charge in [-0.05, 0) is 84.0 Å². The average Bonchev–Trinajstić information content (AvgIpc) is 2.74. The number of carbonyl (C=O) groups is 1. The maximum absolute atomic E-state index is 12.3. The number of aliphatic imine (C=N–C) groups is 1. The highest BCUT2D eigenvalue weighted by molar-refractivity contribution is 14.1. The molecule has 0 radical (unpaired) electrons. The monoisotopic (exact) mass is 548 g/mol. The fourth-order valence-electron chi connectivity index (χ4n) is 2.74. The van der Waals surface area contributed by atoms with E-state index in [0.29, 0.717) is 22.2 Å². The van der Waals surface area contributed by atoms with Crippen LogP contribution in [-0.2, 0) is 4.79 Å². The molecule has 0 bridgehead atoms. The molecule has 0 atom stereocenters.